The minimum absolute atomic E-state index is 0.0350. The van der Waals surface area contributed by atoms with Gasteiger partial charge in [0.05, 0.1) is 30.0 Å². The SMILES string of the molecule is O=C(c1cc(F)ccc1-c1ccc[nH]1)N1[C@@H]2CC[C@H]1[C@H](Nc1cnc(C(F)(F)F)cn1)C2. The van der Waals surface area contributed by atoms with E-state index in [4.69, 9.17) is 0 Å². The number of benzene rings is 1. The molecule has 0 radical (unpaired) electrons. The van der Waals surface area contributed by atoms with E-state index in [1.807, 2.05) is 6.07 Å². The van der Waals surface area contributed by atoms with Crippen LogP contribution in [0, 0.1) is 5.82 Å². The summed E-state index contributed by atoms with van der Waals surface area (Å²) < 4.78 is 52.2. The Labute approximate surface area is 180 Å². The fourth-order valence-corrected chi connectivity index (χ4v) is 4.76. The predicted octanol–water partition coefficient (Wildman–Crippen LogP) is 4.49. The number of alkyl halides is 3. The zero-order valence-electron chi connectivity index (χ0n) is 16.7. The normalized spacial score (nSPS) is 22.4. The Morgan fingerprint density at radius 3 is 2.69 bits per heavy atom. The van der Waals surface area contributed by atoms with Crippen LogP contribution < -0.4 is 5.32 Å². The number of carbonyl (C=O) groups excluding carboxylic acids is 1. The fourth-order valence-electron chi connectivity index (χ4n) is 4.76. The molecule has 2 aromatic heterocycles. The monoisotopic (exact) mass is 445 g/mol. The number of H-pyrrole nitrogens is 1. The Kier molecular flexibility index (Phi) is 4.87. The van der Waals surface area contributed by atoms with Crippen molar-refractivity contribution in [1.82, 2.24) is 19.9 Å². The van der Waals surface area contributed by atoms with Gasteiger partial charge in [-0.3, -0.25) is 4.79 Å². The Morgan fingerprint density at radius 1 is 1.16 bits per heavy atom. The number of nitrogens with zero attached hydrogens (tertiary/aromatic N) is 3. The van der Waals surface area contributed by atoms with Crippen molar-refractivity contribution >= 4 is 11.7 Å². The van der Waals surface area contributed by atoms with Crippen molar-refractivity contribution in [2.24, 2.45) is 0 Å². The van der Waals surface area contributed by atoms with Gasteiger partial charge in [-0.2, -0.15) is 13.2 Å². The number of carbonyl (C=O) groups is 1. The Balaban J connectivity index is 1.38. The maximum absolute atomic E-state index is 14.0. The highest BCUT2D eigenvalue weighted by Gasteiger charge is 2.49. The Hall–Kier alpha value is -3.43. The van der Waals surface area contributed by atoms with Gasteiger partial charge in [-0.15, -0.1) is 0 Å². The van der Waals surface area contributed by atoms with Crippen molar-refractivity contribution < 1.29 is 22.4 Å². The third-order valence-electron chi connectivity index (χ3n) is 6.15. The van der Waals surface area contributed by atoms with Gasteiger partial charge < -0.3 is 15.2 Å². The molecule has 3 atom stereocenters. The lowest BCUT2D eigenvalue weighted by molar-refractivity contribution is -0.141. The van der Waals surface area contributed by atoms with Gasteiger partial charge in [-0.05, 0) is 49.6 Å². The van der Waals surface area contributed by atoms with E-state index in [0.29, 0.717) is 18.2 Å². The third-order valence-corrected chi connectivity index (χ3v) is 6.15. The van der Waals surface area contributed by atoms with Crippen molar-refractivity contribution in [3.05, 3.63) is 66.0 Å². The van der Waals surface area contributed by atoms with Crippen molar-refractivity contribution in [1.29, 1.82) is 0 Å². The summed E-state index contributed by atoms with van der Waals surface area (Å²) in [6, 6.07) is 7.39. The summed E-state index contributed by atoms with van der Waals surface area (Å²) in [5.74, 6) is -0.532. The first kappa shape index (κ1) is 20.5. The molecule has 3 aromatic rings. The molecule has 1 aromatic carbocycles. The smallest absolute Gasteiger partial charge is 0.364 e. The van der Waals surface area contributed by atoms with E-state index in [9.17, 15) is 22.4 Å². The second-order valence-electron chi connectivity index (χ2n) is 8.06. The number of amides is 1. The maximum atomic E-state index is 14.0. The number of anilines is 1. The number of nitrogens with one attached hydrogen (secondary N) is 2. The van der Waals surface area contributed by atoms with Crippen LogP contribution in [0.5, 0.6) is 0 Å². The van der Waals surface area contributed by atoms with Gasteiger partial charge in [0.2, 0.25) is 0 Å². The first-order chi connectivity index (χ1) is 15.3. The molecule has 4 heterocycles. The molecule has 2 aliphatic rings. The number of hydrogen-bond donors (Lipinski definition) is 2. The fraction of sp³-hybridized carbons (Fsp3) is 0.318. The molecule has 2 saturated heterocycles. The molecule has 2 N–H and O–H groups in total. The lowest BCUT2D eigenvalue weighted by Gasteiger charge is -2.26. The number of aromatic nitrogens is 3. The highest BCUT2D eigenvalue weighted by atomic mass is 19.4. The third kappa shape index (κ3) is 3.59. The van der Waals surface area contributed by atoms with E-state index in [-0.39, 0.29) is 35.4 Å². The number of hydrogen-bond acceptors (Lipinski definition) is 4. The van der Waals surface area contributed by atoms with Gasteiger partial charge in [-0.1, -0.05) is 0 Å². The molecule has 0 unspecified atom stereocenters. The average Bonchev–Trinajstić information content (AvgIpc) is 3.49. The zero-order chi connectivity index (χ0) is 22.5. The predicted molar refractivity (Wildman–Crippen MR) is 108 cm³/mol. The highest BCUT2D eigenvalue weighted by molar-refractivity contribution is 6.01. The largest absolute Gasteiger partial charge is 0.434 e. The van der Waals surface area contributed by atoms with Gasteiger partial charge in [0.1, 0.15) is 11.6 Å². The molecule has 2 fully saturated rings. The van der Waals surface area contributed by atoms with E-state index in [1.54, 1.807) is 23.2 Å². The summed E-state index contributed by atoms with van der Waals surface area (Å²) in [6.07, 6.45) is 1.12. The Morgan fingerprint density at radius 2 is 2.00 bits per heavy atom. The molecule has 2 aliphatic heterocycles. The molecule has 0 saturated carbocycles. The first-order valence-corrected chi connectivity index (χ1v) is 10.2. The second kappa shape index (κ2) is 7.61. The minimum atomic E-state index is -4.55. The minimum Gasteiger partial charge on any atom is -0.364 e. The van der Waals surface area contributed by atoms with Crippen molar-refractivity contribution in [3.63, 3.8) is 0 Å². The highest BCUT2D eigenvalue weighted by Crippen LogP contribution is 2.41. The van der Waals surface area contributed by atoms with Gasteiger partial charge >= 0.3 is 6.18 Å². The van der Waals surface area contributed by atoms with Gasteiger partial charge in [0.25, 0.3) is 5.91 Å². The molecule has 0 aliphatic carbocycles. The lowest BCUT2D eigenvalue weighted by atomic mass is 9.95. The lowest BCUT2D eigenvalue weighted by Crippen LogP contribution is -2.40. The summed E-state index contributed by atoms with van der Waals surface area (Å²) in [7, 11) is 0. The first-order valence-electron chi connectivity index (χ1n) is 10.2. The molecular weight excluding hydrogens is 426 g/mol. The number of fused-ring (bicyclic) bond motifs is 2. The summed E-state index contributed by atoms with van der Waals surface area (Å²) in [5.41, 5.74) is 0.551. The zero-order valence-corrected chi connectivity index (χ0v) is 16.7. The quantitative estimate of drug-likeness (QED) is 0.581. The van der Waals surface area contributed by atoms with Gasteiger partial charge in [-0.25, -0.2) is 14.4 Å². The van der Waals surface area contributed by atoms with Crippen molar-refractivity contribution in [2.75, 3.05) is 5.32 Å². The molecule has 1 amide bonds. The summed E-state index contributed by atoms with van der Waals surface area (Å²) in [6.45, 7) is 0. The summed E-state index contributed by atoms with van der Waals surface area (Å²) in [4.78, 5) is 25.6. The standard InChI is InChI=1S/C22H19F4N5O/c23-12-3-5-14(16-2-1-7-27-16)15(8-12)21(32)31-13-4-6-18(31)17(9-13)30-20-11-28-19(10-29-20)22(24,25)26/h1-3,5,7-8,10-11,13,17-18,27H,4,6,9H2,(H,29,30)/t13-,17-,18+/m1/s1. The molecule has 10 heteroatoms. The number of halogens is 4. The molecular formula is C22H19F4N5O. The van der Waals surface area contributed by atoms with Crippen molar-refractivity contribution in [2.45, 2.75) is 43.6 Å². The Bertz CT molecular complexity index is 1130. The van der Waals surface area contributed by atoms with E-state index >= 15 is 0 Å². The molecule has 5 rings (SSSR count). The van der Waals surface area contributed by atoms with Crippen LogP contribution in [0.3, 0.4) is 0 Å². The van der Waals surface area contributed by atoms with Gasteiger partial charge in [0, 0.05) is 23.5 Å². The van der Waals surface area contributed by atoms with Crippen LogP contribution in [0.15, 0.2) is 48.9 Å². The maximum Gasteiger partial charge on any atom is 0.434 e. The van der Waals surface area contributed by atoms with Crippen LogP contribution >= 0.6 is 0 Å². The van der Waals surface area contributed by atoms with Crippen LogP contribution in [-0.4, -0.2) is 43.9 Å². The van der Waals surface area contributed by atoms with E-state index < -0.39 is 17.7 Å². The number of aromatic amines is 1. The number of rotatable bonds is 4. The van der Waals surface area contributed by atoms with Crippen LogP contribution in [0.1, 0.15) is 35.3 Å². The van der Waals surface area contributed by atoms with Crippen LogP contribution in [0.2, 0.25) is 0 Å². The summed E-state index contributed by atoms with van der Waals surface area (Å²) in [5, 5.41) is 3.13. The molecule has 0 spiro atoms. The molecule has 2 bridgehead atoms. The van der Waals surface area contributed by atoms with E-state index in [1.165, 1.54) is 12.1 Å². The van der Waals surface area contributed by atoms with E-state index in [2.05, 4.69) is 20.3 Å². The second-order valence-corrected chi connectivity index (χ2v) is 8.06. The molecule has 166 valence electrons. The van der Waals surface area contributed by atoms with E-state index in [0.717, 1.165) is 24.7 Å². The molecule has 6 nitrogen and oxygen atoms in total. The van der Waals surface area contributed by atoms with Gasteiger partial charge in [0.15, 0.2) is 5.69 Å². The summed E-state index contributed by atoms with van der Waals surface area (Å²) >= 11 is 0. The van der Waals surface area contributed by atoms with Crippen LogP contribution in [-0.2, 0) is 6.18 Å². The average molecular weight is 445 g/mol. The van der Waals surface area contributed by atoms with Crippen molar-refractivity contribution in [3.8, 4) is 11.3 Å². The molecule has 32 heavy (non-hydrogen) atoms. The van der Waals surface area contributed by atoms with Crippen LogP contribution in [0.4, 0.5) is 23.4 Å². The van der Waals surface area contributed by atoms with Crippen LogP contribution in [0.25, 0.3) is 11.3 Å². The topological polar surface area (TPSA) is 73.9 Å².